The molecule has 10 heteroatoms. The van der Waals surface area contributed by atoms with Crippen molar-refractivity contribution in [2.75, 3.05) is 13.7 Å². The molecule has 1 aliphatic rings. The van der Waals surface area contributed by atoms with Crippen molar-refractivity contribution in [3.63, 3.8) is 0 Å². The molecule has 1 aliphatic heterocycles. The van der Waals surface area contributed by atoms with Gasteiger partial charge in [-0.05, 0) is 0 Å². The smallest absolute Gasteiger partial charge is 0.362 e. The fourth-order valence-corrected chi connectivity index (χ4v) is 1.71. The molecule has 0 aromatic carbocycles. The predicted octanol–water partition coefficient (Wildman–Crippen LogP) is -2.25. The second kappa shape index (κ2) is 4.45. The molecular formula is C6H9N3O6S. The summed E-state index contributed by atoms with van der Waals surface area (Å²) in [6.45, 7) is -0.301. The lowest BCUT2D eigenvalue weighted by Crippen LogP contribution is -2.65. The molecular weight excluding hydrogens is 242 g/mol. The molecule has 0 saturated carbocycles. The fraction of sp³-hybridized carbons (Fsp3) is 0.500. The number of nitrogens with zero attached hydrogens (tertiary/aromatic N) is 2. The highest BCUT2D eigenvalue weighted by Gasteiger charge is 2.44. The van der Waals surface area contributed by atoms with Gasteiger partial charge in [0.25, 0.3) is 11.8 Å². The van der Waals surface area contributed by atoms with Gasteiger partial charge < -0.3 is 10.2 Å². The predicted molar refractivity (Wildman–Crippen MR) is 50.7 cm³/mol. The van der Waals surface area contributed by atoms with E-state index >= 15 is 0 Å². The van der Waals surface area contributed by atoms with E-state index in [-0.39, 0.29) is 10.8 Å². The van der Waals surface area contributed by atoms with E-state index in [1.807, 2.05) is 0 Å². The van der Waals surface area contributed by atoms with Crippen molar-refractivity contribution in [2.45, 2.75) is 6.04 Å². The van der Waals surface area contributed by atoms with Crippen LogP contribution in [-0.2, 0) is 24.7 Å². The molecule has 0 aromatic heterocycles. The quantitative estimate of drug-likeness (QED) is 0.251. The first-order valence-electron chi connectivity index (χ1n) is 4.02. The van der Waals surface area contributed by atoms with E-state index in [0.29, 0.717) is 0 Å². The molecule has 16 heavy (non-hydrogen) atoms. The van der Waals surface area contributed by atoms with Crippen LogP contribution >= 0.6 is 0 Å². The summed E-state index contributed by atoms with van der Waals surface area (Å²) in [5.41, 5.74) is 0. The molecule has 0 radical (unpaired) electrons. The first kappa shape index (κ1) is 12.4. The molecule has 2 amide bonds. The second-order valence-electron chi connectivity index (χ2n) is 2.83. The number of hydrogen-bond acceptors (Lipinski definition) is 6. The zero-order valence-electron chi connectivity index (χ0n) is 8.15. The van der Waals surface area contributed by atoms with E-state index < -0.39 is 28.2 Å². The van der Waals surface area contributed by atoms with Crippen molar-refractivity contribution >= 4 is 28.3 Å². The van der Waals surface area contributed by atoms with Crippen molar-refractivity contribution in [1.29, 1.82) is 0 Å². The topological polar surface area (TPSA) is 125 Å². The van der Waals surface area contributed by atoms with Crippen molar-refractivity contribution in [3.8, 4) is 0 Å². The van der Waals surface area contributed by atoms with Crippen LogP contribution < -0.4 is 5.32 Å². The SMILES string of the molecule is CON=CC(=O)NC1CN(S(=O)(=O)O)C1=O. The molecule has 1 rings (SSSR count). The number of oxime groups is 1. The summed E-state index contributed by atoms with van der Waals surface area (Å²) in [6.07, 6.45) is 0.795. The van der Waals surface area contributed by atoms with E-state index in [9.17, 15) is 18.0 Å². The van der Waals surface area contributed by atoms with Crippen LogP contribution in [0.5, 0.6) is 0 Å². The average Bonchev–Trinajstić information content (AvgIpc) is 2.18. The summed E-state index contributed by atoms with van der Waals surface area (Å²) in [6, 6.07) is -0.974. The van der Waals surface area contributed by atoms with Gasteiger partial charge in [0.15, 0.2) is 0 Å². The van der Waals surface area contributed by atoms with Crippen molar-refractivity contribution < 1.29 is 27.4 Å². The van der Waals surface area contributed by atoms with Gasteiger partial charge in [-0.15, -0.1) is 0 Å². The molecule has 0 spiro atoms. The van der Waals surface area contributed by atoms with Crippen LogP contribution in [0.3, 0.4) is 0 Å². The maximum Gasteiger partial charge on any atom is 0.362 e. The first-order valence-corrected chi connectivity index (χ1v) is 5.42. The summed E-state index contributed by atoms with van der Waals surface area (Å²) >= 11 is 0. The molecule has 1 saturated heterocycles. The lowest BCUT2D eigenvalue weighted by atomic mass is 10.1. The highest BCUT2D eigenvalue weighted by molar-refractivity contribution is 7.84. The second-order valence-corrected chi connectivity index (χ2v) is 4.16. The zero-order valence-corrected chi connectivity index (χ0v) is 8.97. The zero-order chi connectivity index (χ0) is 12.3. The molecule has 1 atom stereocenters. The van der Waals surface area contributed by atoms with Crippen LogP contribution in [0.2, 0.25) is 0 Å². The molecule has 9 nitrogen and oxygen atoms in total. The van der Waals surface area contributed by atoms with Gasteiger partial charge in [0, 0.05) is 0 Å². The van der Waals surface area contributed by atoms with Crippen molar-refractivity contribution in [2.24, 2.45) is 5.16 Å². The Kier molecular flexibility index (Phi) is 3.44. The Morgan fingerprint density at radius 2 is 2.38 bits per heavy atom. The highest BCUT2D eigenvalue weighted by Crippen LogP contribution is 2.13. The first-order chi connectivity index (χ1) is 7.36. The van der Waals surface area contributed by atoms with Crippen LogP contribution in [0.4, 0.5) is 0 Å². The summed E-state index contributed by atoms with van der Waals surface area (Å²) in [7, 11) is -3.29. The Morgan fingerprint density at radius 3 is 2.81 bits per heavy atom. The number of carbonyl (C=O) groups excluding carboxylic acids is 2. The molecule has 90 valence electrons. The lowest BCUT2D eigenvalue weighted by Gasteiger charge is -2.34. The molecule has 0 aromatic rings. The van der Waals surface area contributed by atoms with Gasteiger partial charge in [-0.2, -0.15) is 8.42 Å². The van der Waals surface area contributed by atoms with E-state index in [0.717, 1.165) is 6.21 Å². The van der Waals surface area contributed by atoms with Crippen molar-refractivity contribution in [3.05, 3.63) is 0 Å². The summed E-state index contributed by atoms with van der Waals surface area (Å²) in [5.74, 6) is -1.60. The molecule has 0 bridgehead atoms. The minimum atomic E-state index is -4.53. The number of hydrogen-bond donors (Lipinski definition) is 2. The van der Waals surface area contributed by atoms with Gasteiger partial charge in [0.05, 0.1) is 6.54 Å². The van der Waals surface area contributed by atoms with E-state index in [1.54, 1.807) is 0 Å². The van der Waals surface area contributed by atoms with E-state index in [4.69, 9.17) is 4.55 Å². The maximum atomic E-state index is 11.1. The molecule has 1 unspecified atom stereocenters. The highest BCUT2D eigenvalue weighted by atomic mass is 32.2. The van der Waals surface area contributed by atoms with Crippen LogP contribution in [0.15, 0.2) is 5.16 Å². The Labute approximate surface area is 90.9 Å². The third kappa shape index (κ3) is 2.67. The number of nitrogens with one attached hydrogen (secondary N) is 1. The van der Waals surface area contributed by atoms with Gasteiger partial charge in [0.2, 0.25) is 0 Å². The fourth-order valence-electron chi connectivity index (χ4n) is 1.02. The lowest BCUT2D eigenvalue weighted by molar-refractivity contribution is -0.139. The van der Waals surface area contributed by atoms with Crippen LogP contribution in [0.1, 0.15) is 0 Å². The Bertz CT molecular complexity index is 430. The van der Waals surface area contributed by atoms with Crippen LogP contribution in [0, 0.1) is 0 Å². The Hall–Kier alpha value is -1.68. The largest absolute Gasteiger partial charge is 0.399 e. The number of amides is 2. The van der Waals surface area contributed by atoms with Crippen LogP contribution in [-0.4, -0.2) is 55.0 Å². The molecule has 2 N–H and O–H groups in total. The number of rotatable bonds is 4. The summed E-state index contributed by atoms with van der Waals surface area (Å²) in [5, 5.41) is 5.31. The van der Waals surface area contributed by atoms with Gasteiger partial charge in [-0.25, -0.2) is 4.31 Å². The van der Waals surface area contributed by atoms with Gasteiger partial charge in [-0.3, -0.25) is 14.1 Å². The monoisotopic (exact) mass is 251 g/mol. The summed E-state index contributed by atoms with van der Waals surface area (Å²) < 4.78 is 29.8. The number of carbonyl (C=O) groups is 2. The number of β-lactam (4-membered cyclic amide) rings is 1. The molecule has 1 heterocycles. The van der Waals surface area contributed by atoms with Gasteiger partial charge >= 0.3 is 10.3 Å². The average molecular weight is 251 g/mol. The third-order valence-corrected chi connectivity index (χ3v) is 2.65. The summed E-state index contributed by atoms with van der Waals surface area (Å²) in [4.78, 5) is 26.3. The normalized spacial score (nSPS) is 20.8. The Morgan fingerprint density at radius 1 is 1.75 bits per heavy atom. The minimum absolute atomic E-state index is 0.241. The van der Waals surface area contributed by atoms with E-state index in [1.165, 1.54) is 7.11 Å². The van der Waals surface area contributed by atoms with Crippen LogP contribution in [0.25, 0.3) is 0 Å². The standard InChI is InChI=1S/C6H9N3O6S/c1-15-7-2-5(10)8-4-3-9(6(4)11)16(12,13)14/h2,4H,3H2,1H3,(H,8,10)(H,12,13,14). The molecule has 1 fully saturated rings. The van der Waals surface area contributed by atoms with Crippen molar-refractivity contribution in [1.82, 2.24) is 9.62 Å². The maximum absolute atomic E-state index is 11.1. The third-order valence-electron chi connectivity index (χ3n) is 1.76. The molecule has 0 aliphatic carbocycles. The van der Waals surface area contributed by atoms with Gasteiger partial charge in [-0.1, -0.05) is 5.16 Å². The van der Waals surface area contributed by atoms with Gasteiger partial charge in [0.1, 0.15) is 19.4 Å². The van der Waals surface area contributed by atoms with E-state index in [2.05, 4.69) is 15.3 Å². The minimum Gasteiger partial charge on any atom is -0.399 e. The Balaban J connectivity index is 2.48.